The minimum atomic E-state index is 0.474. The van der Waals surface area contributed by atoms with Crippen molar-refractivity contribution in [2.45, 2.75) is 13.3 Å². The molecule has 3 nitrogen and oxygen atoms in total. The predicted molar refractivity (Wildman–Crippen MR) is 67.6 cm³/mol. The van der Waals surface area contributed by atoms with Gasteiger partial charge in [0.05, 0.1) is 7.11 Å². The van der Waals surface area contributed by atoms with Gasteiger partial charge in [0.15, 0.2) is 0 Å². The molecule has 0 aliphatic heterocycles. The van der Waals surface area contributed by atoms with Crippen LogP contribution in [0.15, 0.2) is 30.3 Å². The van der Waals surface area contributed by atoms with Crippen LogP contribution in [0.5, 0.6) is 5.75 Å². The van der Waals surface area contributed by atoms with Gasteiger partial charge in [-0.05, 0) is 19.1 Å². The standard InChI is InChI=1S/C13H13ClN2O/c1-9-7-12(14)16-13(15-9)8-10-5-3-4-6-11(10)17-2/h3-7H,8H2,1-2H3. The number of methoxy groups -OCH3 is 1. The van der Waals surface area contributed by atoms with Gasteiger partial charge in [-0.15, -0.1) is 0 Å². The maximum atomic E-state index is 5.91. The van der Waals surface area contributed by atoms with Crippen molar-refractivity contribution in [3.8, 4) is 5.75 Å². The van der Waals surface area contributed by atoms with Crippen LogP contribution < -0.4 is 4.74 Å². The van der Waals surface area contributed by atoms with Crippen LogP contribution in [-0.2, 0) is 6.42 Å². The van der Waals surface area contributed by atoms with E-state index in [1.54, 1.807) is 13.2 Å². The Kier molecular flexibility index (Phi) is 3.59. The van der Waals surface area contributed by atoms with Crippen molar-refractivity contribution in [3.63, 3.8) is 0 Å². The van der Waals surface area contributed by atoms with Crippen molar-refractivity contribution in [1.82, 2.24) is 9.97 Å². The smallest absolute Gasteiger partial charge is 0.134 e. The number of ether oxygens (including phenoxy) is 1. The summed E-state index contributed by atoms with van der Waals surface area (Å²) in [5, 5.41) is 0.474. The zero-order valence-corrected chi connectivity index (χ0v) is 10.5. The first-order chi connectivity index (χ1) is 8.19. The Morgan fingerprint density at radius 2 is 2.00 bits per heavy atom. The molecule has 1 aromatic carbocycles. The minimum absolute atomic E-state index is 0.474. The molecule has 1 aromatic heterocycles. The first-order valence-electron chi connectivity index (χ1n) is 5.31. The van der Waals surface area contributed by atoms with E-state index in [0.717, 1.165) is 17.0 Å². The highest BCUT2D eigenvalue weighted by atomic mass is 35.5. The summed E-state index contributed by atoms with van der Waals surface area (Å²) in [4.78, 5) is 8.56. The Morgan fingerprint density at radius 1 is 1.24 bits per heavy atom. The number of aromatic nitrogens is 2. The van der Waals surface area contributed by atoms with Gasteiger partial charge in [0.1, 0.15) is 16.7 Å². The molecule has 0 aliphatic rings. The van der Waals surface area contributed by atoms with Gasteiger partial charge in [0.2, 0.25) is 0 Å². The molecule has 0 saturated carbocycles. The van der Waals surface area contributed by atoms with Gasteiger partial charge >= 0.3 is 0 Å². The number of aryl methyl sites for hydroxylation is 1. The summed E-state index contributed by atoms with van der Waals surface area (Å²) in [6, 6.07) is 9.57. The third-order valence-corrected chi connectivity index (χ3v) is 2.60. The molecule has 0 atom stereocenters. The molecule has 0 N–H and O–H groups in total. The van der Waals surface area contributed by atoms with E-state index in [1.807, 2.05) is 31.2 Å². The van der Waals surface area contributed by atoms with Crippen LogP contribution in [-0.4, -0.2) is 17.1 Å². The molecule has 0 amide bonds. The molecule has 88 valence electrons. The van der Waals surface area contributed by atoms with Crippen molar-refractivity contribution in [2.24, 2.45) is 0 Å². The summed E-state index contributed by atoms with van der Waals surface area (Å²) in [5.41, 5.74) is 1.92. The van der Waals surface area contributed by atoms with Crippen LogP contribution in [0.4, 0.5) is 0 Å². The van der Waals surface area contributed by atoms with Gasteiger partial charge in [-0.2, -0.15) is 0 Å². The third kappa shape index (κ3) is 2.94. The number of nitrogens with zero attached hydrogens (tertiary/aromatic N) is 2. The summed E-state index contributed by atoms with van der Waals surface area (Å²) in [6.07, 6.45) is 0.616. The van der Waals surface area contributed by atoms with Crippen molar-refractivity contribution in [2.75, 3.05) is 7.11 Å². The molecule has 0 saturated heterocycles. The second kappa shape index (κ2) is 5.15. The molecule has 2 rings (SSSR count). The summed E-state index contributed by atoms with van der Waals surface area (Å²) in [7, 11) is 1.66. The van der Waals surface area contributed by atoms with Crippen LogP contribution in [0.2, 0.25) is 5.15 Å². The molecule has 4 heteroatoms. The highest BCUT2D eigenvalue weighted by Crippen LogP contribution is 2.20. The van der Waals surface area contributed by atoms with E-state index in [9.17, 15) is 0 Å². The average molecular weight is 249 g/mol. The third-order valence-electron chi connectivity index (χ3n) is 2.41. The highest BCUT2D eigenvalue weighted by molar-refractivity contribution is 6.29. The topological polar surface area (TPSA) is 35.0 Å². The predicted octanol–water partition coefficient (Wildman–Crippen LogP) is 3.04. The number of benzene rings is 1. The Morgan fingerprint density at radius 3 is 2.71 bits per heavy atom. The molecule has 0 spiro atoms. The Labute approximate surface area is 105 Å². The summed E-state index contributed by atoms with van der Waals surface area (Å²) < 4.78 is 5.29. The molecule has 0 fully saturated rings. The van der Waals surface area contributed by atoms with E-state index < -0.39 is 0 Å². The van der Waals surface area contributed by atoms with Crippen LogP contribution in [0.25, 0.3) is 0 Å². The fourth-order valence-corrected chi connectivity index (χ4v) is 1.94. The van der Waals surface area contributed by atoms with Gasteiger partial charge < -0.3 is 4.74 Å². The van der Waals surface area contributed by atoms with Crippen LogP contribution in [0.3, 0.4) is 0 Å². The zero-order chi connectivity index (χ0) is 12.3. The van der Waals surface area contributed by atoms with Crippen LogP contribution >= 0.6 is 11.6 Å². The molecule has 0 aliphatic carbocycles. The summed E-state index contributed by atoms with van der Waals surface area (Å²) in [5.74, 6) is 1.55. The molecule has 0 bridgehead atoms. The first-order valence-corrected chi connectivity index (χ1v) is 5.69. The highest BCUT2D eigenvalue weighted by Gasteiger charge is 2.06. The van der Waals surface area contributed by atoms with E-state index in [1.165, 1.54) is 0 Å². The van der Waals surface area contributed by atoms with Gasteiger partial charge in [-0.3, -0.25) is 0 Å². The fourth-order valence-electron chi connectivity index (χ4n) is 1.69. The van der Waals surface area contributed by atoms with Crippen LogP contribution in [0, 0.1) is 6.92 Å². The van der Waals surface area contributed by atoms with E-state index in [4.69, 9.17) is 16.3 Å². The lowest BCUT2D eigenvalue weighted by Crippen LogP contribution is -2.00. The average Bonchev–Trinajstić information content (AvgIpc) is 2.28. The monoisotopic (exact) mass is 248 g/mol. The minimum Gasteiger partial charge on any atom is -0.496 e. The maximum absolute atomic E-state index is 5.91. The SMILES string of the molecule is COc1ccccc1Cc1nc(C)cc(Cl)n1. The number of hydrogen-bond acceptors (Lipinski definition) is 3. The largest absolute Gasteiger partial charge is 0.496 e. The molecule has 1 heterocycles. The maximum Gasteiger partial charge on any atom is 0.134 e. The van der Waals surface area contributed by atoms with Gasteiger partial charge in [-0.25, -0.2) is 9.97 Å². The lowest BCUT2D eigenvalue weighted by atomic mass is 10.1. The normalized spacial score (nSPS) is 10.3. The summed E-state index contributed by atoms with van der Waals surface area (Å²) >= 11 is 5.91. The molecule has 0 unspecified atom stereocenters. The van der Waals surface area contributed by atoms with E-state index in [0.29, 0.717) is 17.4 Å². The van der Waals surface area contributed by atoms with Crippen molar-refractivity contribution < 1.29 is 4.74 Å². The van der Waals surface area contributed by atoms with Crippen LogP contribution in [0.1, 0.15) is 17.1 Å². The number of rotatable bonds is 3. The fraction of sp³-hybridized carbons (Fsp3) is 0.231. The molecule has 17 heavy (non-hydrogen) atoms. The lowest BCUT2D eigenvalue weighted by Gasteiger charge is -2.07. The Hall–Kier alpha value is -1.61. The summed E-state index contributed by atoms with van der Waals surface area (Å²) in [6.45, 7) is 1.90. The van der Waals surface area contributed by atoms with Gasteiger partial charge in [-0.1, -0.05) is 29.8 Å². The number of para-hydroxylation sites is 1. The quantitative estimate of drug-likeness (QED) is 0.783. The number of halogens is 1. The number of hydrogen-bond donors (Lipinski definition) is 0. The Balaban J connectivity index is 2.31. The van der Waals surface area contributed by atoms with E-state index in [-0.39, 0.29) is 0 Å². The Bertz CT molecular complexity index is 508. The van der Waals surface area contributed by atoms with E-state index in [2.05, 4.69) is 9.97 Å². The van der Waals surface area contributed by atoms with Crippen molar-refractivity contribution >= 4 is 11.6 Å². The first kappa shape index (κ1) is 11.9. The second-order valence-corrected chi connectivity index (χ2v) is 4.12. The lowest BCUT2D eigenvalue weighted by molar-refractivity contribution is 0.410. The second-order valence-electron chi connectivity index (χ2n) is 3.74. The molecule has 2 aromatic rings. The zero-order valence-electron chi connectivity index (χ0n) is 9.77. The van der Waals surface area contributed by atoms with E-state index >= 15 is 0 Å². The van der Waals surface area contributed by atoms with Gasteiger partial charge in [0, 0.05) is 17.7 Å². The molecular formula is C13H13ClN2O. The molecular weight excluding hydrogens is 236 g/mol. The van der Waals surface area contributed by atoms with Crippen molar-refractivity contribution in [3.05, 3.63) is 52.6 Å². The van der Waals surface area contributed by atoms with Gasteiger partial charge in [0.25, 0.3) is 0 Å². The molecule has 0 radical (unpaired) electrons. The van der Waals surface area contributed by atoms with Crippen molar-refractivity contribution in [1.29, 1.82) is 0 Å².